The van der Waals surface area contributed by atoms with E-state index in [-0.39, 0.29) is 24.8 Å². The van der Waals surface area contributed by atoms with Gasteiger partial charge in [0.1, 0.15) is 0 Å². The summed E-state index contributed by atoms with van der Waals surface area (Å²) in [5.41, 5.74) is 2.09. The van der Waals surface area contributed by atoms with Crippen LogP contribution in [0.15, 0.2) is 97.1 Å². The molecule has 164 valence electrons. The van der Waals surface area contributed by atoms with E-state index >= 15 is 0 Å². The minimum absolute atomic E-state index is 0. The second kappa shape index (κ2) is 14.1. The second-order valence-corrected chi connectivity index (χ2v) is 10.3. The summed E-state index contributed by atoms with van der Waals surface area (Å²) < 4.78 is 1.51. The van der Waals surface area contributed by atoms with Crippen molar-refractivity contribution in [2.24, 2.45) is 0 Å². The number of hydrogen-bond donors (Lipinski definition) is 0. The third-order valence-electron chi connectivity index (χ3n) is 4.45. The van der Waals surface area contributed by atoms with Gasteiger partial charge in [-0.15, -0.1) is 51.4 Å². The number of fused-ring (bicyclic) bond motifs is 3. The zero-order valence-electron chi connectivity index (χ0n) is 17.7. The van der Waals surface area contributed by atoms with Gasteiger partial charge < -0.3 is 24.8 Å². The molecule has 0 heterocycles. The van der Waals surface area contributed by atoms with Gasteiger partial charge in [-0.05, 0) is 6.07 Å². The van der Waals surface area contributed by atoms with E-state index in [1.54, 1.807) is 30.3 Å². The van der Waals surface area contributed by atoms with E-state index in [0.717, 1.165) is 11.1 Å². The second-order valence-electron chi connectivity index (χ2n) is 7.09. The van der Waals surface area contributed by atoms with E-state index in [4.69, 9.17) is 23.2 Å². The first-order valence-corrected chi connectivity index (χ1v) is 11.7. The fourth-order valence-corrected chi connectivity index (χ4v) is 3.59. The van der Waals surface area contributed by atoms with Gasteiger partial charge in [-0.2, -0.15) is 18.2 Å². The van der Waals surface area contributed by atoms with E-state index in [1.807, 2.05) is 36.4 Å². The summed E-state index contributed by atoms with van der Waals surface area (Å²) in [5.74, 6) is 0. The quantitative estimate of drug-likeness (QED) is 0.268. The first-order valence-electron chi connectivity index (χ1n) is 9.68. The van der Waals surface area contributed by atoms with Crippen molar-refractivity contribution in [3.05, 3.63) is 107 Å². The van der Waals surface area contributed by atoms with E-state index in [2.05, 4.69) is 68.4 Å². The SMILES string of the molecule is C[C](C)=[Zr+2].Clc1cccc(-c2ccc[cH-]2)c1Cl.[Cl-].[Cl-].c1ccc2c(c1)[cH-]c1ccccc12. The summed E-state index contributed by atoms with van der Waals surface area (Å²) in [5, 5.41) is 6.61. The molecule has 32 heavy (non-hydrogen) atoms. The zero-order valence-corrected chi connectivity index (χ0v) is 23.2. The topological polar surface area (TPSA) is 0 Å². The van der Waals surface area contributed by atoms with Crippen LogP contribution in [-0.2, 0) is 24.2 Å². The molecular weight excluding hydrogens is 557 g/mol. The fourth-order valence-electron chi connectivity index (χ4n) is 3.18. The Bertz CT molecular complexity index is 1200. The Kier molecular flexibility index (Phi) is 12.7. The molecule has 0 saturated heterocycles. The van der Waals surface area contributed by atoms with Crippen LogP contribution in [0.2, 0.25) is 10.0 Å². The minimum atomic E-state index is 0. The molecule has 0 fully saturated rings. The van der Waals surface area contributed by atoms with Crippen molar-refractivity contribution in [3.63, 3.8) is 0 Å². The van der Waals surface area contributed by atoms with Crippen molar-refractivity contribution in [2.75, 3.05) is 0 Å². The molecule has 0 nitrogen and oxygen atoms in total. The Labute approximate surface area is 227 Å². The monoisotopic (exact) mass is 576 g/mol. The third kappa shape index (κ3) is 7.69. The molecule has 0 aliphatic carbocycles. The maximum atomic E-state index is 6.05. The van der Waals surface area contributed by atoms with Crippen LogP contribution in [0.1, 0.15) is 13.8 Å². The van der Waals surface area contributed by atoms with Gasteiger partial charge in [0.15, 0.2) is 0 Å². The van der Waals surface area contributed by atoms with Crippen LogP contribution in [0.5, 0.6) is 0 Å². The average molecular weight is 580 g/mol. The smallest absolute Gasteiger partial charge is 0.0504 e. The van der Waals surface area contributed by atoms with E-state index in [0.29, 0.717) is 10.0 Å². The Hall–Kier alpha value is -1.21. The van der Waals surface area contributed by atoms with Gasteiger partial charge >= 0.3 is 41.3 Å². The molecule has 0 saturated carbocycles. The first kappa shape index (κ1) is 28.8. The largest absolute Gasteiger partial charge is 1.00 e. The van der Waals surface area contributed by atoms with Gasteiger partial charge in [0, 0.05) is 5.02 Å². The molecule has 0 aliphatic rings. The summed E-state index contributed by atoms with van der Waals surface area (Å²) in [4.78, 5) is 0. The van der Waals surface area contributed by atoms with Crippen molar-refractivity contribution in [2.45, 2.75) is 13.8 Å². The van der Waals surface area contributed by atoms with Crippen LogP contribution in [0.3, 0.4) is 0 Å². The normalized spacial score (nSPS) is 9.56. The van der Waals surface area contributed by atoms with Crippen LogP contribution < -0.4 is 24.8 Å². The molecule has 0 atom stereocenters. The Morgan fingerprint density at radius 3 is 1.75 bits per heavy atom. The van der Waals surface area contributed by atoms with Crippen molar-refractivity contribution < 1.29 is 49.0 Å². The van der Waals surface area contributed by atoms with Crippen molar-refractivity contribution >= 4 is 48.0 Å². The Morgan fingerprint density at radius 1 is 0.719 bits per heavy atom. The third-order valence-corrected chi connectivity index (χ3v) is 5.27. The molecule has 0 N–H and O–H groups in total. The molecule has 5 rings (SSSR count). The van der Waals surface area contributed by atoms with Gasteiger partial charge in [0.25, 0.3) is 0 Å². The molecule has 0 aromatic heterocycles. The number of rotatable bonds is 1. The molecule has 0 amide bonds. The van der Waals surface area contributed by atoms with Crippen LogP contribution in [0, 0.1) is 0 Å². The number of hydrogen-bond acceptors (Lipinski definition) is 0. The van der Waals surface area contributed by atoms with Crippen molar-refractivity contribution in [3.8, 4) is 11.1 Å². The van der Waals surface area contributed by atoms with Crippen LogP contribution >= 0.6 is 23.2 Å². The van der Waals surface area contributed by atoms with Gasteiger partial charge in [0.05, 0.1) is 5.02 Å². The average Bonchev–Trinajstić information content (AvgIpc) is 3.38. The molecule has 0 aliphatic heterocycles. The summed E-state index contributed by atoms with van der Waals surface area (Å²) in [7, 11) is 0. The van der Waals surface area contributed by atoms with Crippen LogP contribution in [-0.4, -0.2) is 3.21 Å². The molecule has 5 heteroatoms. The van der Waals surface area contributed by atoms with Crippen LogP contribution in [0.25, 0.3) is 32.7 Å². The standard InChI is InChI=1S/C13H9.C11H7Cl2.C3H6.2ClH.Zr/c1-3-7-12-10(5-1)9-11-6-2-4-8-13(11)12;12-10-7-3-6-9(11(10)13)8-4-1-2-5-8;1-3-2;;;/h1-9H;1-7H;1-2H3;2*1H;/q2*-1;;;;+2/p-2. The molecular formula is C27H22Cl4Zr-2. The Morgan fingerprint density at radius 2 is 1.25 bits per heavy atom. The summed E-state index contributed by atoms with van der Waals surface area (Å²) in [6.07, 6.45) is 0. The molecule has 5 aromatic carbocycles. The minimum Gasteiger partial charge on any atom is -1.00 e. The van der Waals surface area contributed by atoms with Gasteiger partial charge in [-0.25, -0.2) is 0 Å². The van der Waals surface area contributed by atoms with Crippen LogP contribution in [0.4, 0.5) is 0 Å². The van der Waals surface area contributed by atoms with E-state index in [9.17, 15) is 0 Å². The summed E-state index contributed by atoms with van der Waals surface area (Å²) >= 11 is 13.5. The summed E-state index contributed by atoms with van der Waals surface area (Å²) in [6, 6.07) is 32.9. The number of benzene rings is 3. The molecule has 0 unspecified atom stereocenters. The molecule has 0 spiro atoms. The zero-order chi connectivity index (χ0) is 21.5. The maximum Gasteiger partial charge on any atom is 0.0504 e. The molecule has 0 bridgehead atoms. The Balaban J connectivity index is 0.000000261. The van der Waals surface area contributed by atoms with E-state index < -0.39 is 0 Å². The van der Waals surface area contributed by atoms with Gasteiger partial charge in [-0.3, -0.25) is 0 Å². The predicted molar refractivity (Wildman–Crippen MR) is 131 cm³/mol. The van der Waals surface area contributed by atoms with Crippen molar-refractivity contribution in [1.82, 2.24) is 0 Å². The molecule has 5 aromatic rings. The van der Waals surface area contributed by atoms with Gasteiger partial charge in [0.2, 0.25) is 0 Å². The van der Waals surface area contributed by atoms with Crippen molar-refractivity contribution in [1.29, 1.82) is 0 Å². The molecule has 0 radical (unpaired) electrons. The first-order chi connectivity index (χ1) is 14.5. The fraction of sp³-hybridized carbons (Fsp3) is 0.0741. The van der Waals surface area contributed by atoms with E-state index in [1.165, 1.54) is 24.8 Å². The predicted octanol–water partition coefficient (Wildman–Crippen LogP) is 2.84. The number of halogens is 4. The summed E-state index contributed by atoms with van der Waals surface area (Å²) in [6.45, 7) is 4.25. The van der Waals surface area contributed by atoms with Gasteiger partial charge in [-0.1, -0.05) is 77.3 Å². The maximum absolute atomic E-state index is 6.05.